The van der Waals surface area contributed by atoms with Crippen LogP contribution in [0.4, 0.5) is 0 Å². The molecule has 2 aliphatic rings. The van der Waals surface area contributed by atoms with Gasteiger partial charge in [0.25, 0.3) is 0 Å². The third kappa shape index (κ3) is 2.42. The maximum absolute atomic E-state index is 12.2. The summed E-state index contributed by atoms with van der Waals surface area (Å²) in [7, 11) is 0. The number of piperidine rings is 1. The number of nitrogens with zero attached hydrogens (tertiary/aromatic N) is 1. The Bertz CT molecular complexity index is 532. The predicted molar refractivity (Wildman–Crippen MR) is 77.9 cm³/mol. The summed E-state index contributed by atoms with van der Waals surface area (Å²) in [5.74, 6) is -0.536. The minimum absolute atomic E-state index is 0.0825. The first kappa shape index (κ1) is 14.1. The van der Waals surface area contributed by atoms with Gasteiger partial charge in [0.2, 0.25) is 5.91 Å². The predicted octanol–water partition coefficient (Wildman–Crippen LogP) is 0.851. The number of carbonyl (C=O) groups is 2. The summed E-state index contributed by atoms with van der Waals surface area (Å²) in [6.45, 7) is 2.54. The van der Waals surface area contributed by atoms with Crippen LogP contribution >= 0.6 is 0 Å². The lowest BCUT2D eigenvalue weighted by Crippen LogP contribution is -2.56. The molecule has 2 N–H and O–H groups in total. The SMILES string of the molecule is O=C(C1CNC1)N1CCC(C(=O)O)(c2ccccc2)CC1. The van der Waals surface area contributed by atoms with E-state index in [4.69, 9.17) is 0 Å². The number of carboxylic acid groups (broad SMARTS) is 1. The second kappa shape index (κ2) is 5.48. The highest BCUT2D eigenvalue weighted by Gasteiger charge is 2.44. The first-order valence-electron chi connectivity index (χ1n) is 7.42. The lowest BCUT2D eigenvalue weighted by molar-refractivity contribution is -0.149. The quantitative estimate of drug-likeness (QED) is 0.865. The topological polar surface area (TPSA) is 69.6 Å². The van der Waals surface area contributed by atoms with E-state index in [1.807, 2.05) is 35.2 Å². The summed E-state index contributed by atoms with van der Waals surface area (Å²) < 4.78 is 0. The van der Waals surface area contributed by atoms with Crippen LogP contribution in [0.15, 0.2) is 30.3 Å². The van der Waals surface area contributed by atoms with Gasteiger partial charge in [-0.15, -0.1) is 0 Å². The van der Waals surface area contributed by atoms with Crippen LogP contribution in [-0.4, -0.2) is 48.1 Å². The Kier molecular flexibility index (Phi) is 3.68. The average Bonchev–Trinajstić information content (AvgIpc) is 2.46. The molecule has 1 amide bonds. The number of hydrogen-bond acceptors (Lipinski definition) is 3. The van der Waals surface area contributed by atoms with Crippen LogP contribution in [0.2, 0.25) is 0 Å². The van der Waals surface area contributed by atoms with Crippen LogP contribution in [-0.2, 0) is 15.0 Å². The second-order valence-electron chi connectivity index (χ2n) is 5.93. The fourth-order valence-corrected chi connectivity index (χ4v) is 3.21. The van der Waals surface area contributed by atoms with Gasteiger partial charge in [0.15, 0.2) is 0 Å². The molecule has 1 aromatic carbocycles. The van der Waals surface area contributed by atoms with E-state index in [1.54, 1.807) is 0 Å². The Hall–Kier alpha value is -1.88. The third-order valence-electron chi connectivity index (χ3n) is 4.80. The second-order valence-corrected chi connectivity index (χ2v) is 5.93. The number of rotatable bonds is 3. The standard InChI is InChI=1S/C16H20N2O3/c19-14(12-10-17-11-12)18-8-6-16(7-9-18,15(20)21)13-4-2-1-3-5-13/h1-5,12,17H,6-11H2,(H,20,21). The average molecular weight is 288 g/mol. The minimum Gasteiger partial charge on any atom is -0.481 e. The number of hydrogen-bond donors (Lipinski definition) is 2. The zero-order chi connectivity index (χ0) is 14.9. The lowest BCUT2D eigenvalue weighted by Gasteiger charge is -2.41. The molecule has 2 aliphatic heterocycles. The number of carbonyl (C=O) groups excluding carboxylic acids is 1. The van der Waals surface area contributed by atoms with Crippen LogP contribution in [0.5, 0.6) is 0 Å². The summed E-state index contributed by atoms with van der Waals surface area (Å²) in [5.41, 5.74) is -0.00878. The molecular weight excluding hydrogens is 268 g/mol. The smallest absolute Gasteiger partial charge is 0.314 e. The van der Waals surface area contributed by atoms with Gasteiger partial charge in [0, 0.05) is 26.2 Å². The number of carboxylic acids is 1. The maximum Gasteiger partial charge on any atom is 0.314 e. The van der Waals surface area contributed by atoms with Gasteiger partial charge in [0.1, 0.15) is 0 Å². The Labute approximate surface area is 123 Å². The molecule has 2 saturated heterocycles. The molecule has 3 rings (SSSR count). The molecule has 112 valence electrons. The molecule has 0 unspecified atom stereocenters. The summed E-state index contributed by atoms with van der Waals surface area (Å²) in [4.78, 5) is 25.9. The van der Waals surface area contributed by atoms with Gasteiger partial charge in [-0.2, -0.15) is 0 Å². The molecule has 2 fully saturated rings. The van der Waals surface area contributed by atoms with E-state index < -0.39 is 11.4 Å². The maximum atomic E-state index is 12.2. The number of benzene rings is 1. The molecule has 1 aromatic rings. The highest BCUT2D eigenvalue weighted by Crippen LogP contribution is 2.36. The van der Waals surface area contributed by atoms with Crippen molar-refractivity contribution in [3.05, 3.63) is 35.9 Å². The Balaban J connectivity index is 1.74. The Morgan fingerprint density at radius 3 is 2.24 bits per heavy atom. The van der Waals surface area contributed by atoms with Gasteiger partial charge in [-0.05, 0) is 18.4 Å². The van der Waals surface area contributed by atoms with Crippen LogP contribution < -0.4 is 5.32 Å². The summed E-state index contributed by atoms with van der Waals surface area (Å²) in [6.07, 6.45) is 0.969. The van der Waals surface area contributed by atoms with Gasteiger partial charge in [-0.3, -0.25) is 9.59 Å². The summed E-state index contributed by atoms with van der Waals surface area (Å²) >= 11 is 0. The number of aliphatic carboxylic acids is 1. The van der Waals surface area contributed by atoms with E-state index in [2.05, 4.69) is 5.32 Å². The van der Waals surface area contributed by atoms with Crippen LogP contribution in [0.1, 0.15) is 18.4 Å². The highest BCUT2D eigenvalue weighted by molar-refractivity contribution is 5.83. The van der Waals surface area contributed by atoms with E-state index in [9.17, 15) is 14.7 Å². The fourth-order valence-electron chi connectivity index (χ4n) is 3.21. The molecule has 0 aliphatic carbocycles. The minimum atomic E-state index is -0.851. The van der Waals surface area contributed by atoms with Crippen molar-refractivity contribution >= 4 is 11.9 Å². The molecule has 2 heterocycles. The number of amides is 1. The van der Waals surface area contributed by atoms with Gasteiger partial charge in [-0.1, -0.05) is 30.3 Å². The monoisotopic (exact) mass is 288 g/mol. The van der Waals surface area contributed by atoms with Crippen LogP contribution in [0.3, 0.4) is 0 Å². The third-order valence-corrected chi connectivity index (χ3v) is 4.80. The van der Waals surface area contributed by atoms with E-state index >= 15 is 0 Å². The highest BCUT2D eigenvalue weighted by atomic mass is 16.4. The normalized spacial score (nSPS) is 21.6. The first-order valence-corrected chi connectivity index (χ1v) is 7.42. The Morgan fingerprint density at radius 2 is 1.76 bits per heavy atom. The van der Waals surface area contributed by atoms with Gasteiger partial charge in [0.05, 0.1) is 11.3 Å². The van der Waals surface area contributed by atoms with E-state index in [0.29, 0.717) is 25.9 Å². The van der Waals surface area contributed by atoms with Crippen molar-refractivity contribution in [3.8, 4) is 0 Å². The molecular formula is C16H20N2O3. The van der Waals surface area contributed by atoms with Crippen molar-refractivity contribution in [3.63, 3.8) is 0 Å². The lowest BCUT2D eigenvalue weighted by atomic mass is 9.72. The van der Waals surface area contributed by atoms with Crippen molar-refractivity contribution in [2.45, 2.75) is 18.3 Å². The summed E-state index contributed by atoms with van der Waals surface area (Å²) in [5, 5.41) is 12.8. The number of likely N-dealkylation sites (tertiary alicyclic amines) is 1. The van der Waals surface area contributed by atoms with E-state index in [0.717, 1.165) is 18.7 Å². The molecule has 0 spiro atoms. The van der Waals surface area contributed by atoms with E-state index in [-0.39, 0.29) is 11.8 Å². The molecule has 0 saturated carbocycles. The van der Waals surface area contributed by atoms with Crippen molar-refractivity contribution in [2.75, 3.05) is 26.2 Å². The fraction of sp³-hybridized carbons (Fsp3) is 0.500. The van der Waals surface area contributed by atoms with Gasteiger partial charge >= 0.3 is 5.97 Å². The van der Waals surface area contributed by atoms with Crippen molar-refractivity contribution in [1.29, 1.82) is 0 Å². The van der Waals surface area contributed by atoms with Gasteiger partial charge in [-0.25, -0.2) is 0 Å². The van der Waals surface area contributed by atoms with Crippen molar-refractivity contribution in [2.24, 2.45) is 5.92 Å². The zero-order valence-corrected chi connectivity index (χ0v) is 11.9. The largest absolute Gasteiger partial charge is 0.481 e. The molecule has 0 atom stereocenters. The van der Waals surface area contributed by atoms with Crippen LogP contribution in [0.25, 0.3) is 0 Å². The molecule has 0 radical (unpaired) electrons. The van der Waals surface area contributed by atoms with Gasteiger partial charge < -0.3 is 15.3 Å². The van der Waals surface area contributed by atoms with E-state index in [1.165, 1.54) is 0 Å². The zero-order valence-electron chi connectivity index (χ0n) is 11.9. The molecule has 5 nitrogen and oxygen atoms in total. The molecule has 21 heavy (non-hydrogen) atoms. The number of nitrogens with one attached hydrogen (secondary N) is 1. The summed E-state index contributed by atoms with van der Waals surface area (Å²) in [6, 6.07) is 9.39. The van der Waals surface area contributed by atoms with Crippen molar-refractivity contribution < 1.29 is 14.7 Å². The Morgan fingerprint density at radius 1 is 1.14 bits per heavy atom. The molecule has 0 bridgehead atoms. The van der Waals surface area contributed by atoms with Crippen molar-refractivity contribution in [1.82, 2.24) is 10.2 Å². The molecule has 5 heteroatoms. The van der Waals surface area contributed by atoms with Crippen LogP contribution in [0, 0.1) is 5.92 Å². The molecule has 0 aromatic heterocycles. The first-order chi connectivity index (χ1) is 10.1.